The van der Waals surface area contributed by atoms with Gasteiger partial charge in [-0.15, -0.1) is 0 Å². The summed E-state index contributed by atoms with van der Waals surface area (Å²) in [5, 5.41) is 3.53. The summed E-state index contributed by atoms with van der Waals surface area (Å²) in [7, 11) is 3.30. The molecule has 1 aromatic heterocycles. The third-order valence-electron chi connectivity index (χ3n) is 3.49. The van der Waals surface area contributed by atoms with Crippen LogP contribution in [0.1, 0.15) is 31.2 Å². The maximum atomic E-state index is 5.41. The first-order chi connectivity index (χ1) is 10.1. The van der Waals surface area contributed by atoms with E-state index in [-0.39, 0.29) is 6.04 Å². The average molecular weight is 289 g/mol. The summed E-state index contributed by atoms with van der Waals surface area (Å²) in [6.07, 6.45) is 2.61. The molecule has 1 heterocycles. The number of rotatable bonds is 7. The predicted octanol–water partition coefficient (Wildman–Crippen LogP) is 3.58. The molecule has 1 aromatic carbocycles. The second-order valence-electron chi connectivity index (χ2n) is 5.20. The van der Waals surface area contributed by atoms with Crippen LogP contribution in [0.2, 0.25) is 0 Å². The standard InChI is InChI=1S/C17H23NO3/c1-12(18-13(2)15-6-5-9-21-15)10-14-7-8-16(19-3)17(11-14)20-4/h5-9,11-13,18H,10H2,1-4H3/t12?,13-/m0/s1. The molecule has 1 N–H and O–H groups in total. The monoisotopic (exact) mass is 289 g/mol. The van der Waals surface area contributed by atoms with E-state index >= 15 is 0 Å². The van der Waals surface area contributed by atoms with Gasteiger partial charge in [-0.3, -0.25) is 0 Å². The highest BCUT2D eigenvalue weighted by Crippen LogP contribution is 2.28. The zero-order chi connectivity index (χ0) is 15.2. The van der Waals surface area contributed by atoms with Gasteiger partial charge in [0.2, 0.25) is 0 Å². The number of methoxy groups -OCH3 is 2. The molecule has 0 saturated carbocycles. The lowest BCUT2D eigenvalue weighted by Gasteiger charge is -2.19. The molecule has 0 amide bonds. The van der Waals surface area contributed by atoms with Gasteiger partial charge >= 0.3 is 0 Å². The van der Waals surface area contributed by atoms with Crippen LogP contribution in [0.3, 0.4) is 0 Å². The van der Waals surface area contributed by atoms with Crippen molar-refractivity contribution in [1.29, 1.82) is 0 Å². The lowest BCUT2D eigenvalue weighted by molar-refractivity contribution is 0.354. The van der Waals surface area contributed by atoms with E-state index in [2.05, 4.69) is 25.2 Å². The molecule has 2 atom stereocenters. The molecule has 0 radical (unpaired) electrons. The van der Waals surface area contributed by atoms with Gasteiger partial charge in [0.1, 0.15) is 5.76 Å². The van der Waals surface area contributed by atoms with Crippen LogP contribution in [0.5, 0.6) is 11.5 Å². The molecule has 0 aliphatic carbocycles. The zero-order valence-corrected chi connectivity index (χ0v) is 13.1. The lowest BCUT2D eigenvalue weighted by atomic mass is 10.1. The number of benzene rings is 1. The summed E-state index contributed by atoms with van der Waals surface area (Å²) in [5.41, 5.74) is 1.21. The van der Waals surface area contributed by atoms with Crippen molar-refractivity contribution in [1.82, 2.24) is 5.32 Å². The maximum absolute atomic E-state index is 5.41. The van der Waals surface area contributed by atoms with Gasteiger partial charge in [0.15, 0.2) is 11.5 Å². The van der Waals surface area contributed by atoms with Crippen LogP contribution < -0.4 is 14.8 Å². The quantitative estimate of drug-likeness (QED) is 0.846. The predicted molar refractivity (Wildman–Crippen MR) is 83.0 cm³/mol. The number of hydrogen-bond acceptors (Lipinski definition) is 4. The van der Waals surface area contributed by atoms with Gasteiger partial charge in [-0.25, -0.2) is 0 Å². The van der Waals surface area contributed by atoms with E-state index in [9.17, 15) is 0 Å². The summed E-state index contributed by atoms with van der Waals surface area (Å²) in [4.78, 5) is 0. The van der Waals surface area contributed by atoms with Gasteiger partial charge in [0.05, 0.1) is 26.5 Å². The first-order valence-corrected chi connectivity index (χ1v) is 7.14. The molecule has 0 fully saturated rings. The van der Waals surface area contributed by atoms with E-state index in [1.807, 2.05) is 24.3 Å². The minimum atomic E-state index is 0.190. The van der Waals surface area contributed by atoms with Crippen molar-refractivity contribution in [3.8, 4) is 11.5 Å². The Morgan fingerprint density at radius 1 is 1.10 bits per heavy atom. The SMILES string of the molecule is COc1ccc(CC(C)N[C@@H](C)c2ccco2)cc1OC. The van der Waals surface area contributed by atoms with Crippen molar-refractivity contribution >= 4 is 0 Å². The Morgan fingerprint density at radius 2 is 1.86 bits per heavy atom. The second kappa shape index (κ2) is 7.18. The number of ether oxygens (including phenoxy) is 2. The number of furan rings is 1. The highest BCUT2D eigenvalue weighted by molar-refractivity contribution is 5.43. The second-order valence-corrected chi connectivity index (χ2v) is 5.20. The highest BCUT2D eigenvalue weighted by atomic mass is 16.5. The van der Waals surface area contributed by atoms with Crippen LogP contribution >= 0.6 is 0 Å². The van der Waals surface area contributed by atoms with Gasteiger partial charge in [0, 0.05) is 6.04 Å². The van der Waals surface area contributed by atoms with E-state index in [1.54, 1.807) is 20.5 Å². The Bertz CT molecular complexity index is 551. The van der Waals surface area contributed by atoms with E-state index in [4.69, 9.17) is 13.9 Å². The van der Waals surface area contributed by atoms with Gasteiger partial charge in [-0.05, 0) is 50.1 Å². The zero-order valence-electron chi connectivity index (χ0n) is 13.1. The van der Waals surface area contributed by atoms with Gasteiger partial charge in [0.25, 0.3) is 0 Å². The highest BCUT2D eigenvalue weighted by Gasteiger charge is 2.13. The van der Waals surface area contributed by atoms with E-state index in [0.717, 1.165) is 23.7 Å². The molecule has 2 aromatic rings. The minimum Gasteiger partial charge on any atom is -0.493 e. The Labute approximate surface area is 126 Å². The molecule has 114 valence electrons. The van der Waals surface area contributed by atoms with Gasteiger partial charge in [-0.1, -0.05) is 6.07 Å². The Hall–Kier alpha value is -1.94. The molecule has 0 aliphatic heterocycles. The molecule has 0 saturated heterocycles. The Kier molecular flexibility index (Phi) is 5.28. The Morgan fingerprint density at radius 3 is 2.48 bits per heavy atom. The summed E-state index contributed by atoms with van der Waals surface area (Å²) in [5.74, 6) is 2.47. The summed E-state index contributed by atoms with van der Waals surface area (Å²) < 4.78 is 16.0. The molecule has 0 aliphatic rings. The van der Waals surface area contributed by atoms with Crippen LogP contribution in [-0.2, 0) is 6.42 Å². The molecule has 4 heteroatoms. The van der Waals surface area contributed by atoms with Crippen LogP contribution in [0.4, 0.5) is 0 Å². The summed E-state index contributed by atoms with van der Waals surface area (Å²) in [6.45, 7) is 4.26. The van der Waals surface area contributed by atoms with Gasteiger partial charge in [-0.2, -0.15) is 0 Å². The summed E-state index contributed by atoms with van der Waals surface area (Å²) in [6, 6.07) is 10.4. The van der Waals surface area contributed by atoms with Gasteiger partial charge < -0.3 is 19.2 Å². The summed E-state index contributed by atoms with van der Waals surface area (Å²) >= 11 is 0. The smallest absolute Gasteiger partial charge is 0.160 e. The fourth-order valence-electron chi connectivity index (χ4n) is 2.47. The maximum Gasteiger partial charge on any atom is 0.160 e. The van der Waals surface area contributed by atoms with Crippen molar-refractivity contribution < 1.29 is 13.9 Å². The number of hydrogen-bond donors (Lipinski definition) is 1. The first kappa shape index (κ1) is 15.4. The number of nitrogens with one attached hydrogen (secondary N) is 1. The molecule has 0 spiro atoms. The van der Waals surface area contributed by atoms with Crippen molar-refractivity contribution in [2.45, 2.75) is 32.4 Å². The van der Waals surface area contributed by atoms with E-state index in [1.165, 1.54) is 5.56 Å². The van der Waals surface area contributed by atoms with E-state index in [0.29, 0.717) is 6.04 Å². The fourth-order valence-corrected chi connectivity index (χ4v) is 2.47. The van der Waals surface area contributed by atoms with Crippen molar-refractivity contribution in [3.63, 3.8) is 0 Å². The molecule has 0 bridgehead atoms. The largest absolute Gasteiger partial charge is 0.493 e. The average Bonchev–Trinajstić information content (AvgIpc) is 3.01. The molecular weight excluding hydrogens is 266 g/mol. The van der Waals surface area contributed by atoms with Crippen LogP contribution in [0.25, 0.3) is 0 Å². The topological polar surface area (TPSA) is 43.6 Å². The van der Waals surface area contributed by atoms with Crippen LogP contribution in [0.15, 0.2) is 41.0 Å². The molecule has 4 nitrogen and oxygen atoms in total. The molecule has 21 heavy (non-hydrogen) atoms. The lowest BCUT2D eigenvalue weighted by Crippen LogP contribution is -2.30. The van der Waals surface area contributed by atoms with Crippen molar-refractivity contribution in [3.05, 3.63) is 47.9 Å². The van der Waals surface area contributed by atoms with E-state index < -0.39 is 0 Å². The molecule has 2 rings (SSSR count). The van der Waals surface area contributed by atoms with Crippen LogP contribution in [-0.4, -0.2) is 20.3 Å². The van der Waals surface area contributed by atoms with Crippen molar-refractivity contribution in [2.24, 2.45) is 0 Å². The van der Waals surface area contributed by atoms with Crippen LogP contribution in [0, 0.1) is 0 Å². The fraction of sp³-hybridized carbons (Fsp3) is 0.412. The normalized spacial score (nSPS) is 13.7. The molecular formula is C17H23NO3. The van der Waals surface area contributed by atoms with Crippen molar-refractivity contribution in [2.75, 3.05) is 14.2 Å². The first-order valence-electron chi connectivity index (χ1n) is 7.14. The minimum absolute atomic E-state index is 0.190. The third-order valence-corrected chi connectivity index (χ3v) is 3.49. The third kappa shape index (κ3) is 4.02. The Balaban J connectivity index is 1.97. The molecule has 1 unspecified atom stereocenters.